The molecule has 1 N–H and O–H groups in total. The first-order valence-electron chi connectivity index (χ1n) is 5.26. The lowest BCUT2D eigenvalue weighted by Crippen LogP contribution is -2.31. The highest BCUT2D eigenvalue weighted by Crippen LogP contribution is 2.45. The first kappa shape index (κ1) is 12.0. The molecule has 0 aromatic rings. The molecule has 0 atom stereocenters. The molecule has 0 saturated heterocycles. The molecule has 84 valence electrons. The molecule has 0 heterocycles. The van der Waals surface area contributed by atoms with Gasteiger partial charge in [-0.1, -0.05) is 34.6 Å². The van der Waals surface area contributed by atoms with Crippen molar-refractivity contribution in [2.45, 2.75) is 41.5 Å². The summed E-state index contributed by atoms with van der Waals surface area (Å²) in [5.41, 5.74) is 1.49. The van der Waals surface area contributed by atoms with Gasteiger partial charge in [-0.2, -0.15) is 0 Å². The number of ketones is 1. The van der Waals surface area contributed by atoms with Crippen LogP contribution in [-0.4, -0.2) is 10.9 Å². The van der Waals surface area contributed by atoms with E-state index in [-0.39, 0.29) is 22.4 Å². The first-order valence-corrected chi connectivity index (χ1v) is 5.26. The van der Waals surface area contributed by atoms with E-state index in [1.165, 1.54) is 0 Å². The maximum absolute atomic E-state index is 11.7. The van der Waals surface area contributed by atoms with E-state index in [1.54, 1.807) is 13.0 Å². The summed E-state index contributed by atoms with van der Waals surface area (Å²) >= 11 is 0. The number of aliphatic hydroxyl groups is 1. The third-order valence-electron chi connectivity index (χ3n) is 2.84. The third-order valence-corrected chi connectivity index (χ3v) is 2.84. The number of rotatable bonds is 0. The quantitative estimate of drug-likeness (QED) is 0.662. The lowest BCUT2D eigenvalue weighted by atomic mass is 9.66. The minimum Gasteiger partial charge on any atom is -0.504 e. The van der Waals surface area contributed by atoms with Crippen LogP contribution in [0.4, 0.5) is 0 Å². The summed E-state index contributed by atoms with van der Waals surface area (Å²) in [6, 6.07) is 0. The van der Waals surface area contributed by atoms with Gasteiger partial charge < -0.3 is 5.11 Å². The molecule has 0 aliphatic heterocycles. The Morgan fingerprint density at radius 3 is 2.13 bits per heavy atom. The Morgan fingerprint density at radius 2 is 1.73 bits per heavy atom. The molecule has 0 saturated carbocycles. The van der Waals surface area contributed by atoms with Crippen LogP contribution in [-0.2, 0) is 4.79 Å². The Bertz CT molecular complexity index is 362. The zero-order valence-corrected chi connectivity index (χ0v) is 10.4. The molecule has 0 amide bonds. The standard InChI is InChI=1S/C13H20O2/c1-8-10(15)9(14)7-13(5,6)11(8)12(2,3)4/h7,14H,1-6H3. The zero-order chi connectivity index (χ0) is 12.0. The van der Waals surface area contributed by atoms with E-state index in [0.717, 1.165) is 5.57 Å². The monoisotopic (exact) mass is 208 g/mol. The molecule has 2 heteroatoms. The van der Waals surface area contributed by atoms with Crippen molar-refractivity contribution in [3.8, 4) is 0 Å². The van der Waals surface area contributed by atoms with Crippen LogP contribution in [0.1, 0.15) is 41.5 Å². The van der Waals surface area contributed by atoms with Crippen LogP contribution >= 0.6 is 0 Å². The fourth-order valence-electron chi connectivity index (χ4n) is 2.80. The van der Waals surface area contributed by atoms with Gasteiger partial charge in [-0.05, 0) is 24.0 Å². The molecular weight excluding hydrogens is 188 g/mol. The van der Waals surface area contributed by atoms with Gasteiger partial charge in [-0.15, -0.1) is 0 Å². The van der Waals surface area contributed by atoms with Crippen LogP contribution < -0.4 is 0 Å². The Morgan fingerprint density at radius 1 is 1.27 bits per heavy atom. The summed E-state index contributed by atoms with van der Waals surface area (Å²) < 4.78 is 0. The number of Topliss-reactive ketones (excluding diaryl/α,β-unsaturated/α-hetero) is 1. The normalized spacial score (nSPS) is 21.7. The number of hydrogen-bond acceptors (Lipinski definition) is 2. The van der Waals surface area contributed by atoms with E-state index >= 15 is 0 Å². The van der Waals surface area contributed by atoms with Crippen molar-refractivity contribution >= 4 is 5.78 Å². The molecule has 0 spiro atoms. The first-order chi connectivity index (χ1) is 6.57. The fraction of sp³-hybridized carbons (Fsp3) is 0.615. The van der Waals surface area contributed by atoms with Crippen molar-refractivity contribution < 1.29 is 9.90 Å². The van der Waals surface area contributed by atoms with Gasteiger partial charge in [0.05, 0.1) is 0 Å². The number of carbonyl (C=O) groups excluding carboxylic acids is 1. The number of aliphatic hydroxyl groups excluding tert-OH is 1. The Balaban J connectivity index is 3.41. The molecule has 2 nitrogen and oxygen atoms in total. The highest BCUT2D eigenvalue weighted by molar-refractivity contribution is 6.08. The van der Waals surface area contributed by atoms with E-state index in [9.17, 15) is 9.90 Å². The topological polar surface area (TPSA) is 37.3 Å². The summed E-state index contributed by atoms with van der Waals surface area (Å²) in [5, 5.41) is 9.54. The van der Waals surface area contributed by atoms with Gasteiger partial charge >= 0.3 is 0 Å². The van der Waals surface area contributed by atoms with Crippen LogP contribution in [0, 0.1) is 10.8 Å². The van der Waals surface area contributed by atoms with Crippen molar-refractivity contribution in [2.75, 3.05) is 0 Å². The second-order valence-corrected chi connectivity index (χ2v) is 5.83. The molecule has 0 aromatic carbocycles. The van der Waals surface area contributed by atoms with E-state index in [1.807, 2.05) is 13.8 Å². The number of hydrogen-bond donors (Lipinski definition) is 1. The van der Waals surface area contributed by atoms with Gasteiger partial charge in [0.2, 0.25) is 5.78 Å². The van der Waals surface area contributed by atoms with E-state index < -0.39 is 0 Å². The Labute approximate surface area is 91.7 Å². The molecule has 1 rings (SSSR count). The van der Waals surface area contributed by atoms with Crippen LogP contribution in [0.15, 0.2) is 23.0 Å². The molecule has 0 bridgehead atoms. The predicted octanol–water partition coefficient (Wildman–Crippen LogP) is 3.40. The average Bonchev–Trinajstić information content (AvgIpc) is 1.95. The van der Waals surface area contributed by atoms with Gasteiger partial charge in [0, 0.05) is 11.0 Å². The summed E-state index contributed by atoms with van der Waals surface area (Å²) in [6.07, 6.45) is 1.66. The second-order valence-electron chi connectivity index (χ2n) is 5.83. The van der Waals surface area contributed by atoms with Gasteiger partial charge in [0.1, 0.15) is 0 Å². The lowest BCUT2D eigenvalue weighted by molar-refractivity contribution is -0.115. The average molecular weight is 208 g/mol. The van der Waals surface area contributed by atoms with Gasteiger partial charge in [-0.3, -0.25) is 4.79 Å². The van der Waals surface area contributed by atoms with Gasteiger partial charge in [0.15, 0.2) is 5.76 Å². The third kappa shape index (κ3) is 1.99. The Kier molecular flexibility index (Phi) is 2.58. The number of allylic oxidation sites excluding steroid dienone is 3. The van der Waals surface area contributed by atoms with Crippen LogP contribution in [0.3, 0.4) is 0 Å². The van der Waals surface area contributed by atoms with Crippen molar-refractivity contribution in [1.29, 1.82) is 0 Å². The van der Waals surface area contributed by atoms with Crippen LogP contribution in [0.5, 0.6) is 0 Å². The van der Waals surface area contributed by atoms with Crippen molar-refractivity contribution in [1.82, 2.24) is 0 Å². The van der Waals surface area contributed by atoms with Crippen molar-refractivity contribution in [3.63, 3.8) is 0 Å². The van der Waals surface area contributed by atoms with E-state index in [4.69, 9.17) is 0 Å². The zero-order valence-electron chi connectivity index (χ0n) is 10.4. The lowest BCUT2D eigenvalue weighted by Gasteiger charge is -2.38. The maximum Gasteiger partial charge on any atom is 0.222 e. The minimum absolute atomic E-state index is 0.0551. The van der Waals surface area contributed by atoms with E-state index in [0.29, 0.717) is 5.57 Å². The summed E-state index contributed by atoms with van der Waals surface area (Å²) in [5.74, 6) is -0.357. The number of carbonyl (C=O) groups is 1. The Hall–Kier alpha value is -1.05. The fourth-order valence-corrected chi connectivity index (χ4v) is 2.80. The highest BCUT2D eigenvalue weighted by atomic mass is 16.3. The largest absolute Gasteiger partial charge is 0.504 e. The molecule has 0 fully saturated rings. The molecule has 0 radical (unpaired) electrons. The van der Waals surface area contributed by atoms with Gasteiger partial charge in [0.25, 0.3) is 0 Å². The van der Waals surface area contributed by atoms with Crippen LogP contribution in [0.25, 0.3) is 0 Å². The summed E-state index contributed by atoms with van der Waals surface area (Å²) in [4.78, 5) is 11.7. The molecule has 0 aromatic heterocycles. The predicted molar refractivity (Wildman–Crippen MR) is 61.7 cm³/mol. The smallest absolute Gasteiger partial charge is 0.222 e. The molecule has 1 aliphatic carbocycles. The highest BCUT2D eigenvalue weighted by Gasteiger charge is 2.38. The van der Waals surface area contributed by atoms with Crippen molar-refractivity contribution in [3.05, 3.63) is 23.0 Å². The molecule has 1 aliphatic rings. The van der Waals surface area contributed by atoms with E-state index in [2.05, 4.69) is 20.8 Å². The SMILES string of the molecule is CC1=C(C(C)(C)C)C(C)(C)C=C(O)C1=O. The summed E-state index contributed by atoms with van der Waals surface area (Å²) in [7, 11) is 0. The van der Waals surface area contributed by atoms with Crippen molar-refractivity contribution in [2.24, 2.45) is 10.8 Å². The molecule has 15 heavy (non-hydrogen) atoms. The van der Waals surface area contributed by atoms with Gasteiger partial charge in [-0.25, -0.2) is 0 Å². The molecular formula is C13H20O2. The minimum atomic E-state index is -0.250. The maximum atomic E-state index is 11.7. The molecule has 0 unspecified atom stereocenters. The summed E-state index contributed by atoms with van der Waals surface area (Å²) in [6.45, 7) is 12.1. The van der Waals surface area contributed by atoms with Crippen LogP contribution in [0.2, 0.25) is 0 Å². The second kappa shape index (κ2) is 3.22.